The number of fused-ring (bicyclic) bond motifs is 1. The molecule has 1 aromatic heterocycles. The van der Waals surface area contributed by atoms with E-state index >= 15 is 0 Å². The number of benzene rings is 2. The summed E-state index contributed by atoms with van der Waals surface area (Å²) in [6, 6.07) is 18.7. The van der Waals surface area contributed by atoms with Crippen LogP contribution in [-0.2, 0) is 6.42 Å². The quantitative estimate of drug-likeness (QED) is 0.628. The highest BCUT2D eigenvalue weighted by Gasteiger charge is 2.43. The molecule has 4 rings (SSSR count). The van der Waals surface area contributed by atoms with Gasteiger partial charge in [-0.1, -0.05) is 58.4 Å². The first-order chi connectivity index (χ1) is 10.3. The lowest BCUT2D eigenvalue weighted by Crippen LogP contribution is -2.06. The fraction of sp³-hybridized carbons (Fsp3) is 0.278. The van der Waals surface area contributed by atoms with Crippen molar-refractivity contribution in [3.05, 3.63) is 66.1 Å². The maximum absolute atomic E-state index is 5.82. The Morgan fingerprint density at radius 2 is 1.86 bits per heavy atom. The third-order valence-corrected chi connectivity index (χ3v) is 5.24. The van der Waals surface area contributed by atoms with E-state index in [0.29, 0.717) is 16.7 Å². The van der Waals surface area contributed by atoms with Gasteiger partial charge >= 0.3 is 0 Å². The van der Waals surface area contributed by atoms with Crippen LogP contribution in [0.2, 0.25) is 0 Å². The van der Waals surface area contributed by atoms with Crippen molar-refractivity contribution < 1.29 is 4.42 Å². The van der Waals surface area contributed by atoms with Gasteiger partial charge in [-0.25, -0.2) is 4.98 Å². The van der Waals surface area contributed by atoms with Crippen LogP contribution in [-0.4, -0.2) is 9.81 Å². The Bertz CT molecular complexity index is 719. The lowest BCUT2D eigenvalue weighted by Gasteiger charge is -2.06. The van der Waals surface area contributed by atoms with Gasteiger partial charge in [-0.3, -0.25) is 0 Å². The van der Waals surface area contributed by atoms with Crippen molar-refractivity contribution in [2.45, 2.75) is 23.6 Å². The van der Waals surface area contributed by atoms with E-state index in [1.54, 1.807) is 0 Å². The van der Waals surface area contributed by atoms with E-state index in [4.69, 9.17) is 4.42 Å². The van der Waals surface area contributed by atoms with E-state index in [1.807, 2.05) is 24.3 Å². The Morgan fingerprint density at radius 1 is 1.10 bits per heavy atom. The first-order valence-corrected chi connectivity index (χ1v) is 8.26. The highest BCUT2D eigenvalue weighted by atomic mass is 79.9. The van der Waals surface area contributed by atoms with Crippen LogP contribution in [0.25, 0.3) is 11.1 Å². The largest absolute Gasteiger partial charge is 0.441 e. The Labute approximate surface area is 132 Å². The van der Waals surface area contributed by atoms with Gasteiger partial charge in [-0.15, -0.1) is 0 Å². The number of halogens is 1. The van der Waals surface area contributed by atoms with Crippen molar-refractivity contribution in [2.75, 3.05) is 0 Å². The molecule has 3 unspecified atom stereocenters. The van der Waals surface area contributed by atoms with Crippen molar-refractivity contribution in [1.82, 2.24) is 4.98 Å². The molecule has 1 heterocycles. The topological polar surface area (TPSA) is 26.0 Å². The van der Waals surface area contributed by atoms with E-state index in [9.17, 15) is 0 Å². The summed E-state index contributed by atoms with van der Waals surface area (Å²) in [5.74, 6) is 2.19. The fourth-order valence-electron chi connectivity index (χ4n) is 3.02. The molecule has 0 N–H and O–H groups in total. The second-order valence-corrected chi connectivity index (χ2v) is 6.89. The van der Waals surface area contributed by atoms with E-state index < -0.39 is 0 Å². The average Bonchev–Trinajstić information content (AvgIpc) is 3.22. The van der Waals surface area contributed by atoms with Crippen LogP contribution in [0.1, 0.15) is 23.8 Å². The summed E-state index contributed by atoms with van der Waals surface area (Å²) in [5, 5.41) is 0. The van der Waals surface area contributed by atoms with Gasteiger partial charge in [0.2, 0.25) is 0 Å². The molecular formula is C18H16BrNO. The van der Waals surface area contributed by atoms with Crippen molar-refractivity contribution >= 4 is 27.0 Å². The fourth-order valence-corrected chi connectivity index (χ4v) is 3.88. The Morgan fingerprint density at radius 3 is 2.67 bits per heavy atom. The highest BCUT2D eigenvalue weighted by molar-refractivity contribution is 9.09. The van der Waals surface area contributed by atoms with Crippen molar-refractivity contribution in [2.24, 2.45) is 5.92 Å². The molecule has 3 atom stereocenters. The number of para-hydroxylation sites is 2. The van der Waals surface area contributed by atoms with Crippen LogP contribution in [0.3, 0.4) is 0 Å². The summed E-state index contributed by atoms with van der Waals surface area (Å²) < 4.78 is 5.82. The lowest BCUT2D eigenvalue weighted by atomic mass is 10.1. The number of hydrogen-bond donors (Lipinski definition) is 0. The zero-order valence-electron chi connectivity index (χ0n) is 11.6. The summed E-state index contributed by atoms with van der Waals surface area (Å²) in [6.07, 6.45) is 2.10. The second-order valence-electron chi connectivity index (χ2n) is 5.71. The summed E-state index contributed by atoms with van der Waals surface area (Å²) in [4.78, 5) is 4.99. The Balaban J connectivity index is 1.46. The van der Waals surface area contributed by atoms with Gasteiger partial charge in [0.15, 0.2) is 11.5 Å². The average molecular weight is 342 g/mol. The molecule has 1 aliphatic rings. The van der Waals surface area contributed by atoms with Gasteiger partial charge < -0.3 is 4.42 Å². The highest BCUT2D eigenvalue weighted by Crippen LogP contribution is 2.52. The van der Waals surface area contributed by atoms with Gasteiger partial charge in [0.05, 0.1) is 0 Å². The molecule has 1 fully saturated rings. The van der Waals surface area contributed by atoms with Gasteiger partial charge in [-0.2, -0.15) is 0 Å². The van der Waals surface area contributed by atoms with Crippen molar-refractivity contribution in [3.63, 3.8) is 0 Å². The van der Waals surface area contributed by atoms with Gasteiger partial charge in [0, 0.05) is 11.2 Å². The minimum atomic E-state index is 0.427. The van der Waals surface area contributed by atoms with Crippen molar-refractivity contribution in [1.29, 1.82) is 0 Å². The number of nitrogens with zero attached hydrogens (tertiary/aromatic N) is 1. The number of oxazole rings is 1. The molecule has 1 saturated carbocycles. The number of rotatable bonds is 4. The smallest absolute Gasteiger partial charge is 0.196 e. The number of alkyl halides is 1. The van der Waals surface area contributed by atoms with Crippen LogP contribution < -0.4 is 0 Å². The monoisotopic (exact) mass is 341 g/mol. The minimum Gasteiger partial charge on any atom is -0.441 e. The summed E-state index contributed by atoms with van der Waals surface area (Å²) in [7, 11) is 0. The van der Waals surface area contributed by atoms with Crippen LogP contribution in [0.15, 0.2) is 59.0 Å². The molecule has 0 aliphatic heterocycles. The molecule has 1 aliphatic carbocycles. The first kappa shape index (κ1) is 13.1. The zero-order chi connectivity index (χ0) is 14.2. The maximum atomic E-state index is 5.82. The maximum Gasteiger partial charge on any atom is 0.196 e. The molecule has 0 radical (unpaired) electrons. The standard InChI is InChI=1S/C18H16BrNO/c19-15(14-10-13(14)12-6-2-1-3-7-12)11-18-20-16-8-4-5-9-17(16)21-18/h1-9,13-15H,10-11H2. The molecule has 0 saturated heterocycles. The van der Waals surface area contributed by atoms with Gasteiger partial charge in [0.1, 0.15) is 5.52 Å². The Kier molecular flexibility index (Phi) is 3.30. The van der Waals surface area contributed by atoms with E-state index in [0.717, 1.165) is 23.4 Å². The van der Waals surface area contributed by atoms with Crippen LogP contribution in [0, 0.1) is 5.92 Å². The van der Waals surface area contributed by atoms with Gasteiger partial charge in [-0.05, 0) is 36.0 Å². The molecule has 3 aromatic rings. The molecule has 2 nitrogen and oxygen atoms in total. The molecule has 0 spiro atoms. The van der Waals surface area contributed by atoms with E-state index in [2.05, 4.69) is 51.2 Å². The van der Waals surface area contributed by atoms with E-state index in [1.165, 1.54) is 12.0 Å². The number of hydrogen-bond acceptors (Lipinski definition) is 2. The first-order valence-electron chi connectivity index (χ1n) is 7.35. The van der Waals surface area contributed by atoms with Crippen LogP contribution >= 0.6 is 15.9 Å². The lowest BCUT2D eigenvalue weighted by molar-refractivity contribution is 0.515. The molecule has 0 amide bonds. The second kappa shape index (κ2) is 5.30. The molecule has 21 heavy (non-hydrogen) atoms. The third-order valence-electron chi connectivity index (χ3n) is 4.24. The third kappa shape index (κ3) is 2.62. The molecule has 0 bridgehead atoms. The molecule has 3 heteroatoms. The zero-order valence-corrected chi connectivity index (χ0v) is 13.2. The number of aromatic nitrogens is 1. The van der Waals surface area contributed by atoms with Crippen molar-refractivity contribution in [3.8, 4) is 0 Å². The summed E-state index contributed by atoms with van der Waals surface area (Å²) in [5.41, 5.74) is 3.27. The summed E-state index contributed by atoms with van der Waals surface area (Å²) >= 11 is 3.84. The summed E-state index contributed by atoms with van der Waals surface area (Å²) in [6.45, 7) is 0. The van der Waals surface area contributed by atoms with E-state index in [-0.39, 0.29) is 0 Å². The molecular weight excluding hydrogens is 326 g/mol. The predicted molar refractivity (Wildman–Crippen MR) is 87.7 cm³/mol. The van der Waals surface area contributed by atoms with Crippen LogP contribution in [0.4, 0.5) is 0 Å². The molecule has 106 valence electrons. The molecule has 2 aromatic carbocycles. The van der Waals surface area contributed by atoms with Crippen LogP contribution in [0.5, 0.6) is 0 Å². The SMILES string of the molecule is BrC(Cc1nc2ccccc2o1)C1CC1c1ccccc1. The van der Waals surface area contributed by atoms with Gasteiger partial charge in [0.25, 0.3) is 0 Å². The minimum absolute atomic E-state index is 0.427. The Hall–Kier alpha value is -1.61. The normalized spacial score (nSPS) is 22.3. The predicted octanol–water partition coefficient (Wildman–Crippen LogP) is 4.94.